The van der Waals surface area contributed by atoms with Crippen LogP contribution in [0, 0.1) is 5.92 Å². The second-order valence-corrected chi connectivity index (χ2v) is 12.3. The standard InChI is InChI=1S/C21H44O5Si/c1-9-19(5)20(25-18-23-8)16-21(6,14-13-15-24-17-22-7)26-27(10-2,11-3)12-4/h9,19-20H,1,10-18H2,2-8H3/t19-,20-,21-/m1/s1. The van der Waals surface area contributed by atoms with Crippen molar-refractivity contribution in [2.24, 2.45) is 5.92 Å². The monoisotopic (exact) mass is 404 g/mol. The van der Waals surface area contributed by atoms with E-state index >= 15 is 0 Å². The van der Waals surface area contributed by atoms with Gasteiger partial charge in [0.05, 0.1) is 11.7 Å². The minimum Gasteiger partial charge on any atom is -0.412 e. The lowest BCUT2D eigenvalue weighted by molar-refractivity contribution is -0.109. The van der Waals surface area contributed by atoms with Gasteiger partial charge in [-0.2, -0.15) is 0 Å². The van der Waals surface area contributed by atoms with Crippen molar-refractivity contribution in [2.75, 3.05) is 34.4 Å². The van der Waals surface area contributed by atoms with E-state index in [1.807, 2.05) is 6.08 Å². The molecule has 0 heterocycles. The zero-order valence-electron chi connectivity index (χ0n) is 18.8. The Morgan fingerprint density at radius 1 is 1.04 bits per heavy atom. The molecule has 0 N–H and O–H groups in total. The maximum atomic E-state index is 6.98. The molecule has 5 nitrogen and oxygen atoms in total. The van der Waals surface area contributed by atoms with Crippen molar-refractivity contribution in [2.45, 2.75) is 83.7 Å². The van der Waals surface area contributed by atoms with Crippen LogP contribution in [0.1, 0.15) is 53.9 Å². The zero-order chi connectivity index (χ0) is 20.8. The topological polar surface area (TPSA) is 46.2 Å². The van der Waals surface area contributed by atoms with E-state index in [4.69, 9.17) is 23.4 Å². The molecule has 0 radical (unpaired) electrons. The van der Waals surface area contributed by atoms with Crippen LogP contribution in [-0.4, -0.2) is 54.4 Å². The lowest BCUT2D eigenvalue weighted by Gasteiger charge is -2.43. The van der Waals surface area contributed by atoms with E-state index < -0.39 is 8.32 Å². The van der Waals surface area contributed by atoms with Gasteiger partial charge in [0.15, 0.2) is 8.32 Å². The van der Waals surface area contributed by atoms with Crippen molar-refractivity contribution >= 4 is 8.32 Å². The van der Waals surface area contributed by atoms with Crippen molar-refractivity contribution in [1.82, 2.24) is 0 Å². The third kappa shape index (κ3) is 10.2. The normalized spacial score (nSPS) is 16.7. The summed E-state index contributed by atoms with van der Waals surface area (Å²) in [5, 5.41) is 0. The highest BCUT2D eigenvalue weighted by atomic mass is 28.4. The van der Waals surface area contributed by atoms with Gasteiger partial charge in [-0.25, -0.2) is 0 Å². The van der Waals surface area contributed by atoms with Crippen LogP contribution in [0.3, 0.4) is 0 Å². The van der Waals surface area contributed by atoms with Crippen LogP contribution in [0.4, 0.5) is 0 Å². The lowest BCUT2D eigenvalue weighted by atomic mass is 9.88. The summed E-state index contributed by atoms with van der Waals surface area (Å²) in [6.07, 6.45) is 4.66. The number of hydrogen-bond donors (Lipinski definition) is 0. The van der Waals surface area contributed by atoms with Gasteiger partial charge < -0.3 is 23.4 Å². The van der Waals surface area contributed by atoms with Crippen LogP contribution < -0.4 is 0 Å². The molecule has 0 spiro atoms. The molecule has 0 aromatic carbocycles. The summed E-state index contributed by atoms with van der Waals surface area (Å²) in [5.41, 5.74) is -0.250. The summed E-state index contributed by atoms with van der Waals surface area (Å²) in [6, 6.07) is 3.41. The maximum Gasteiger partial charge on any atom is 0.192 e. The van der Waals surface area contributed by atoms with Gasteiger partial charge in [-0.05, 0) is 37.9 Å². The molecule has 162 valence electrons. The first-order valence-electron chi connectivity index (χ1n) is 10.4. The quantitative estimate of drug-likeness (QED) is 0.133. The van der Waals surface area contributed by atoms with E-state index in [0.717, 1.165) is 37.4 Å². The average Bonchev–Trinajstić information content (AvgIpc) is 2.68. The van der Waals surface area contributed by atoms with Gasteiger partial charge in [-0.3, -0.25) is 0 Å². The largest absolute Gasteiger partial charge is 0.412 e. The summed E-state index contributed by atoms with van der Waals surface area (Å²) in [7, 11) is 1.55. The van der Waals surface area contributed by atoms with Crippen LogP contribution in [0.2, 0.25) is 18.1 Å². The van der Waals surface area contributed by atoms with Gasteiger partial charge in [-0.15, -0.1) is 6.58 Å². The van der Waals surface area contributed by atoms with E-state index in [1.165, 1.54) is 0 Å². The van der Waals surface area contributed by atoms with Gasteiger partial charge in [0.25, 0.3) is 0 Å². The number of methoxy groups -OCH3 is 2. The molecule has 0 rings (SSSR count). The lowest BCUT2D eigenvalue weighted by Crippen LogP contribution is -2.48. The molecule has 27 heavy (non-hydrogen) atoms. The molecule has 0 amide bonds. The van der Waals surface area contributed by atoms with Crippen LogP contribution in [-0.2, 0) is 23.4 Å². The van der Waals surface area contributed by atoms with Crippen LogP contribution in [0.25, 0.3) is 0 Å². The fourth-order valence-corrected chi connectivity index (χ4v) is 6.67. The maximum absolute atomic E-state index is 6.98. The van der Waals surface area contributed by atoms with Crippen molar-refractivity contribution < 1.29 is 23.4 Å². The summed E-state index contributed by atoms with van der Waals surface area (Å²) >= 11 is 0. The average molecular weight is 405 g/mol. The van der Waals surface area contributed by atoms with Crippen molar-refractivity contribution in [1.29, 1.82) is 0 Å². The molecular weight excluding hydrogens is 360 g/mol. The Labute approximate surface area is 168 Å². The molecule has 0 bridgehead atoms. The minimum absolute atomic E-state index is 0.0182. The molecule has 0 aliphatic heterocycles. The fourth-order valence-electron chi connectivity index (χ4n) is 3.50. The molecule has 0 fully saturated rings. The van der Waals surface area contributed by atoms with E-state index in [2.05, 4.69) is 41.2 Å². The first-order chi connectivity index (χ1) is 12.9. The highest BCUT2D eigenvalue weighted by molar-refractivity contribution is 6.73. The van der Waals surface area contributed by atoms with Crippen molar-refractivity contribution in [3.63, 3.8) is 0 Å². The predicted molar refractivity (Wildman–Crippen MR) is 114 cm³/mol. The summed E-state index contributed by atoms with van der Waals surface area (Å²) in [4.78, 5) is 0. The van der Waals surface area contributed by atoms with Crippen molar-refractivity contribution in [3.05, 3.63) is 12.7 Å². The Morgan fingerprint density at radius 2 is 1.63 bits per heavy atom. The molecule has 0 aromatic rings. The summed E-state index contributed by atoms with van der Waals surface area (Å²) in [6.45, 7) is 16.4. The molecule has 0 aromatic heterocycles. The van der Waals surface area contributed by atoms with E-state index in [9.17, 15) is 0 Å². The summed E-state index contributed by atoms with van der Waals surface area (Å²) in [5.74, 6) is 0.230. The molecule has 0 saturated heterocycles. The van der Waals surface area contributed by atoms with Gasteiger partial charge in [-0.1, -0.05) is 33.8 Å². The van der Waals surface area contributed by atoms with Gasteiger partial charge in [0.2, 0.25) is 0 Å². The first-order valence-corrected chi connectivity index (χ1v) is 12.9. The SMILES string of the molecule is C=C[C@@H](C)[C@@H](C[C@@](C)(CCCOCOC)O[Si](CC)(CC)CC)OCOC. The van der Waals surface area contributed by atoms with Gasteiger partial charge in [0, 0.05) is 33.2 Å². The predicted octanol–water partition coefficient (Wildman–Crippen LogP) is 5.37. The molecule has 0 saturated carbocycles. The van der Waals surface area contributed by atoms with Crippen molar-refractivity contribution in [3.8, 4) is 0 Å². The molecule has 3 atom stereocenters. The number of rotatable bonds is 18. The highest BCUT2D eigenvalue weighted by Crippen LogP contribution is 2.35. The van der Waals surface area contributed by atoms with Crippen LogP contribution in [0.15, 0.2) is 12.7 Å². The molecule has 0 aliphatic rings. The van der Waals surface area contributed by atoms with Crippen LogP contribution >= 0.6 is 0 Å². The second kappa shape index (κ2) is 14.7. The number of hydrogen-bond acceptors (Lipinski definition) is 5. The Hall–Kier alpha value is -0.243. The fraction of sp³-hybridized carbons (Fsp3) is 0.905. The molecular formula is C21H44O5Si. The van der Waals surface area contributed by atoms with E-state index in [1.54, 1.807) is 14.2 Å². The Bertz CT molecular complexity index is 367. The number of ether oxygens (including phenoxy) is 4. The first kappa shape index (κ1) is 26.8. The molecule has 0 aliphatic carbocycles. The van der Waals surface area contributed by atoms with E-state index in [-0.39, 0.29) is 24.4 Å². The van der Waals surface area contributed by atoms with Crippen LogP contribution in [0.5, 0.6) is 0 Å². The third-order valence-electron chi connectivity index (χ3n) is 5.58. The second-order valence-electron chi connectivity index (χ2n) is 7.62. The zero-order valence-corrected chi connectivity index (χ0v) is 19.8. The minimum atomic E-state index is -1.75. The molecule has 6 heteroatoms. The molecule has 0 unspecified atom stereocenters. The van der Waals surface area contributed by atoms with Gasteiger partial charge >= 0.3 is 0 Å². The van der Waals surface area contributed by atoms with E-state index in [0.29, 0.717) is 13.4 Å². The Morgan fingerprint density at radius 3 is 2.11 bits per heavy atom. The Balaban J connectivity index is 5.29. The summed E-state index contributed by atoms with van der Waals surface area (Å²) < 4.78 is 28.6. The Kier molecular flexibility index (Phi) is 14.6. The van der Waals surface area contributed by atoms with Gasteiger partial charge in [0.1, 0.15) is 13.6 Å². The smallest absolute Gasteiger partial charge is 0.192 e. The third-order valence-corrected chi connectivity index (χ3v) is 10.4. The highest BCUT2D eigenvalue weighted by Gasteiger charge is 2.39.